The van der Waals surface area contributed by atoms with Gasteiger partial charge in [0, 0.05) is 17.7 Å². The van der Waals surface area contributed by atoms with Crippen molar-refractivity contribution in [1.82, 2.24) is 5.32 Å². The standard InChI is InChI=1S/C25H22N2O6/c28-22(16-15-21(24(30)31)27-23(29)17-7-3-1-4-8-17)26-19-11-13-20(14-12-19)33-25(32)18-9-5-2-6-10-18/h1-14,21H,15-16H2,(H,26,28)(H,27,29)(H,30,31)/t21-/m0/s1. The third kappa shape index (κ3) is 7.03. The van der Waals surface area contributed by atoms with Crippen LogP contribution in [0.15, 0.2) is 84.9 Å². The lowest BCUT2D eigenvalue weighted by molar-refractivity contribution is -0.139. The lowest BCUT2D eigenvalue weighted by Gasteiger charge is -2.14. The Morgan fingerprint density at radius 1 is 0.788 bits per heavy atom. The van der Waals surface area contributed by atoms with Crippen LogP contribution in [0.2, 0.25) is 0 Å². The summed E-state index contributed by atoms with van der Waals surface area (Å²) in [6.07, 6.45) is -0.191. The minimum atomic E-state index is -1.23. The quantitative estimate of drug-likeness (QED) is 0.342. The van der Waals surface area contributed by atoms with Gasteiger partial charge in [-0.1, -0.05) is 36.4 Å². The van der Waals surface area contributed by atoms with E-state index in [1.807, 2.05) is 0 Å². The molecule has 0 heterocycles. The Bertz CT molecular complexity index is 1110. The van der Waals surface area contributed by atoms with Crippen LogP contribution in [0.5, 0.6) is 5.75 Å². The van der Waals surface area contributed by atoms with Crippen LogP contribution < -0.4 is 15.4 Å². The molecule has 0 bridgehead atoms. The van der Waals surface area contributed by atoms with Gasteiger partial charge < -0.3 is 20.5 Å². The topological polar surface area (TPSA) is 122 Å². The maximum atomic E-state index is 12.2. The van der Waals surface area contributed by atoms with Crippen LogP contribution in [0.3, 0.4) is 0 Å². The molecule has 0 aromatic heterocycles. The number of benzene rings is 3. The van der Waals surface area contributed by atoms with Crippen LogP contribution in [0.1, 0.15) is 33.6 Å². The van der Waals surface area contributed by atoms with Gasteiger partial charge in [-0.05, 0) is 55.0 Å². The van der Waals surface area contributed by atoms with Gasteiger partial charge in [0.2, 0.25) is 5.91 Å². The van der Waals surface area contributed by atoms with E-state index < -0.39 is 29.8 Å². The van der Waals surface area contributed by atoms with E-state index in [0.29, 0.717) is 22.6 Å². The van der Waals surface area contributed by atoms with Gasteiger partial charge in [-0.15, -0.1) is 0 Å². The minimum absolute atomic E-state index is 0.0769. The molecule has 8 heteroatoms. The molecule has 33 heavy (non-hydrogen) atoms. The second-order valence-electron chi connectivity index (χ2n) is 7.10. The highest BCUT2D eigenvalue weighted by Crippen LogP contribution is 2.17. The number of amides is 2. The van der Waals surface area contributed by atoms with E-state index in [0.717, 1.165) is 0 Å². The van der Waals surface area contributed by atoms with Crippen molar-refractivity contribution in [2.45, 2.75) is 18.9 Å². The highest BCUT2D eigenvalue weighted by Gasteiger charge is 2.21. The fourth-order valence-corrected chi connectivity index (χ4v) is 2.93. The number of ether oxygens (including phenoxy) is 1. The number of anilines is 1. The number of carboxylic acid groups (broad SMARTS) is 1. The zero-order valence-corrected chi connectivity index (χ0v) is 17.6. The lowest BCUT2D eigenvalue weighted by Crippen LogP contribution is -2.41. The minimum Gasteiger partial charge on any atom is -0.480 e. The molecular formula is C25H22N2O6. The number of nitrogens with one attached hydrogen (secondary N) is 2. The SMILES string of the molecule is O=C(CC[C@H](NC(=O)c1ccccc1)C(=O)O)Nc1ccc(OC(=O)c2ccccc2)cc1. The van der Waals surface area contributed by atoms with Gasteiger partial charge in [0.15, 0.2) is 0 Å². The van der Waals surface area contributed by atoms with Crippen molar-refractivity contribution in [3.63, 3.8) is 0 Å². The zero-order chi connectivity index (χ0) is 23.6. The van der Waals surface area contributed by atoms with E-state index in [1.165, 1.54) is 12.1 Å². The van der Waals surface area contributed by atoms with Crippen LogP contribution in [-0.4, -0.2) is 34.9 Å². The largest absolute Gasteiger partial charge is 0.480 e. The maximum absolute atomic E-state index is 12.2. The highest BCUT2D eigenvalue weighted by atomic mass is 16.5. The summed E-state index contributed by atoms with van der Waals surface area (Å²) in [6, 6.07) is 21.8. The van der Waals surface area contributed by atoms with Crippen molar-refractivity contribution in [2.75, 3.05) is 5.32 Å². The second kappa shape index (κ2) is 11.2. The predicted molar refractivity (Wildman–Crippen MR) is 121 cm³/mol. The number of carbonyl (C=O) groups excluding carboxylic acids is 3. The third-order valence-corrected chi connectivity index (χ3v) is 4.66. The Balaban J connectivity index is 1.49. The molecule has 8 nitrogen and oxygen atoms in total. The second-order valence-corrected chi connectivity index (χ2v) is 7.10. The van der Waals surface area contributed by atoms with Crippen molar-refractivity contribution in [1.29, 1.82) is 0 Å². The van der Waals surface area contributed by atoms with Gasteiger partial charge in [0.05, 0.1) is 5.56 Å². The van der Waals surface area contributed by atoms with E-state index in [4.69, 9.17) is 4.74 Å². The Kier molecular flexibility index (Phi) is 7.91. The van der Waals surface area contributed by atoms with E-state index >= 15 is 0 Å². The predicted octanol–water partition coefficient (Wildman–Crippen LogP) is 3.51. The molecule has 0 radical (unpaired) electrons. The average molecular weight is 446 g/mol. The van der Waals surface area contributed by atoms with Crippen LogP contribution in [0.4, 0.5) is 5.69 Å². The van der Waals surface area contributed by atoms with E-state index in [2.05, 4.69) is 10.6 Å². The Labute approximate surface area is 190 Å². The van der Waals surface area contributed by atoms with Gasteiger partial charge in [-0.3, -0.25) is 9.59 Å². The zero-order valence-electron chi connectivity index (χ0n) is 17.6. The summed E-state index contributed by atoms with van der Waals surface area (Å²) >= 11 is 0. The smallest absolute Gasteiger partial charge is 0.343 e. The maximum Gasteiger partial charge on any atom is 0.343 e. The van der Waals surface area contributed by atoms with Crippen LogP contribution in [0, 0.1) is 0 Å². The first-order valence-electron chi connectivity index (χ1n) is 10.2. The number of carbonyl (C=O) groups is 4. The fraction of sp³-hybridized carbons (Fsp3) is 0.120. The summed E-state index contributed by atoms with van der Waals surface area (Å²) in [5, 5.41) is 14.4. The number of hydrogen-bond acceptors (Lipinski definition) is 5. The molecule has 0 unspecified atom stereocenters. The molecule has 3 N–H and O–H groups in total. The van der Waals surface area contributed by atoms with Crippen molar-refractivity contribution in [3.05, 3.63) is 96.1 Å². The van der Waals surface area contributed by atoms with Crippen molar-refractivity contribution in [2.24, 2.45) is 0 Å². The van der Waals surface area contributed by atoms with Crippen LogP contribution in [-0.2, 0) is 9.59 Å². The molecular weight excluding hydrogens is 424 g/mol. The molecule has 0 saturated heterocycles. The van der Waals surface area contributed by atoms with Gasteiger partial charge in [0.25, 0.3) is 5.91 Å². The number of esters is 1. The first-order chi connectivity index (χ1) is 15.9. The van der Waals surface area contributed by atoms with E-state index in [9.17, 15) is 24.3 Å². The number of carboxylic acids is 1. The van der Waals surface area contributed by atoms with E-state index in [1.54, 1.807) is 72.8 Å². The van der Waals surface area contributed by atoms with Gasteiger partial charge in [-0.2, -0.15) is 0 Å². The first kappa shape index (κ1) is 23.2. The molecule has 1 atom stereocenters. The van der Waals surface area contributed by atoms with Crippen molar-refractivity contribution in [3.8, 4) is 5.75 Å². The van der Waals surface area contributed by atoms with Crippen molar-refractivity contribution >= 4 is 29.4 Å². The monoisotopic (exact) mass is 446 g/mol. The Morgan fingerprint density at radius 2 is 1.36 bits per heavy atom. The summed E-state index contributed by atoms with van der Waals surface area (Å²) in [6.45, 7) is 0. The molecule has 2 amide bonds. The summed E-state index contributed by atoms with van der Waals surface area (Å²) in [5.41, 5.74) is 1.21. The summed E-state index contributed by atoms with van der Waals surface area (Å²) < 4.78 is 5.28. The Morgan fingerprint density at radius 3 is 1.94 bits per heavy atom. The summed E-state index contributed by atoms with van der Waals surface area (Å²) in [4.78, 5) is 48.0. The summed E-state index contributed by atoms with van der Waals surface area (Å²) in [5.74, 6) is -2.34. The lowest BCUT2D eigenvalue weighted by atomic mass is 10.1. The molecule has 0 spiro atoms. The highest BCUT2D eigenvalue weighted by molar-refractivity contribution is 5.97. The third-order valence-electron chi connectivity index (χ3n) is 4.66. The van der Waals surface area contributed by atoms with Crippen LogP contribution >= 0.6 is 0 Å². The molecule has 0 fully saturated rings. The number of hydrogen-bond donors (Lipinski definition) is 3. The summed E-state index contributed by atoms with van der Waals surface area (Å²) in [7, 11) is 0. The average Bonchev–Trinajstić information content (AvgIpc) is 2.83. The fourth-order valence-electron chi connectivity index (χ4n) is 2.93. The molecule has 0 saturated carbocycles. The first-order valence-corrected chi connectivity index (χ1v) is 10.2. The molecule has 3 aromatic rings. The van der Waals surface area contributed by atoms with Gasteiger partial charge in [0.1, 0.15) is 11.8 Å². The number of aliphatic carboxylic acids is 1. The molecule has 0 aliphatic carbocycles. The molecule has 3 rings (SSSR count). The van der Waals surface area contributed by atoms with Gasteiger partial charge in [-0.25, -0.2) is 9.59 Å². The van der Waals surface area contributed by atoms with Crippen molar-refractivity contribution < 1.29 is 29.0 Å². The number of rotatable bonds is 9. The molecule has 168 valence electrons. The van der Waals surface area contributed by atoms with E-state index in [-0.39, 0.29) is 12.8 Å². The Hall–Kier alpha value is -4.46. The molecule has 0 aliphatic rings. The normalized spacial score (nSPS) is 11.2. The van der Waals surface area contributed by atoms with Gasteiger partial charge >= 0.3 is 11.9 Å². The molecule has 3 aromatic carbocycles. The molecule has 0 aliphatic heterocycles. The van der Waals surface area contributed by atoms with Crippen LogP contribution in [0.25, 0.3) is 0 Å².